The van der Waals surface area contributed by atoms with Crippen molar-refractivity contribution in [2.75, 3.05) is 6.54 Å². The minimum absolute atomic E-state index is 0.105. The van der Waals surface area contributed by atoms with Crippen molar-refractivity contribution >= 4 is 20.9 Å². The van der Waals surface area contributed by atoms with Gasteiger partial charge in [0.1, 0.15) is 0 Å². The number of nitrogens with one attached hydrogen (secondary N) is 1. The van der Waals surface area contributed by atoms with E-state index in [4.69, 9.17) is 0 Å². The average molecular weight is 322 g/mol. The number of aryl methyl sites for hydroxylation is 1. The topological polar surface area (TPSA) is 79.3 Å². The number of sulfonamides is 1. The lowest BCUT2D eigenvalue weighted by molar-refractivity contribution is 0.118. The predicted octanol–water partition coefficient (Wildman–Crippen LogP) is 2.23. The first-order chi connectivity index (χ1) is 10.3. The van der Waals surface area contributed by atoms with E-state index in [1.165, 1.54) is 0 Å². The number of nitrogens with zero attached hydrogens (tertiary/aromatic N) is 1. The molecule has 22 heavy (non-hydrogen) atoms. The van der Waals surface area contributed by atoms with Crippen molar-refractivity contribution in [3.05, 3.63) is 36.0 Å². The van der Waals surface area contributed by atoms with Gasteiger partial charge in [0.15, 0.2) is 0 Å². The van der Waals surface area contributed by atoms with Crippen LogP contribution in [-0.2, 0) is 10.0 Å². The Morgan fingerprint density at radius 2 is 2.00 bits per heavy atom. The Morgan fingerprint density at radius 3 is 2.68 bits per heavy atom. The molecular weight excluding hydrogens is 300 g/mol. The summed E-state index contributed by atoms with van der Waals surface area (Å²) in [6.45, 7) is 5.91. The zero-order valence-corrected chi connectivity index (χ0v) is 13.9. The van der Waals surface area contributed by atoms with Crippen molar-refractivity contribution in [3.8, 4) is 0 Å². The molecule has 6 heteroatoms. The van der Waals surface area contributed by atoms with Crippen molar-refractivity contribution in [3.63, 3.8) is 0 Å². The van der Waals surface area contributed by atoms with E-state index in [1.807, 2.05) is 20.8 Å². The van der Waals surface area contributed by atoms with E-state index in [9.17, 15) is 13.5 Å². The zero-order valence-electron chi connectivity index (χ0n) is 13.1. The van der Waals surface area contributed by atoms with Crippen LogP contribution in [0.25, 0.3) is 10.9 Å². The molecule has 1 aromatic carbocycles. The molecule has 5 nitrogen and oxygen atoms in total. The predicted molar refractivity (Wildman–Crippen MR) is 87.1 cm³/mol. The van der Waals surface area contributed by atoms with Crippen molar-refractivity contribution in [1.82, 2.24) is 9.71 Å². The highest BCUT2D eigenvalue weighted by atomic mass is 32.2. The van der Waals surface area contributed by atoms with Crippen LogP contribution in [0.2, 0.25) is 0 Å². The van der Waals surface area contributed by atoms with Crippen LogP contribution in [0.4, 0.5) is 0 Å². The number of pyridine rings is 1. The first kappa shape index (κ1) is 16.9. The van der Waals surface area contributed by atoms with Crippen LogP contribution >= 0.6 is 0 Å². The Hall–Kier alpha value is -1.50. The SMILES string of the molecule is Cc1ccc(S(=O)(=O)NCCC(O)C(C)C)c2cccnc12. The van der Waals surface area contributed by atoms with Gasteiger partial charge in [0.25, 0.3) is 0 Å². The molecule has 0 spiro atoms. The standard InChI is InChI=1S/C16H22N2O3S/c1-11(2)14(19)8-10-18-22(20,21)15-7-6-12(3)16-13(15)5-4-9-17-16/h4-7,9,11,14,18-19H,8,10H2,1-3H3. The molecule has 0 fully saturated rings. The molecule has 1 heterocycles. The minimum atomic E-state index is -3.63. The maximum atomic E-state index is 12.5. The van der Waals surface area contributed by atoms with Gasteiger partial charge in [0, 0.05) is 18.1 Å². The second-order valence-electron chi connectivity index (χ2n) is 5.78. The lowest BCUT2D eigenvalue weighted by Gasteiger charge is -2.15. The molecule has 2 N–H and O–H groups in total. The van der Waals surface area contributed by atoms with Crippen LogP contribution in [0, 0.1) is 12.8 Å². The monoisotopic (exact) mass is 322 g/mol. The summed E-state index contributed by atoms with van der Waals surface area (Å²) in [5.74, 6) is 0.105. The van der Waals surface area contributed by atoms with Gasteiger partial charge in [-0.3, -0.25) is 4.98 Å². The van der Waals surface area contributed by atoms with E-state index in [-0.39, 0.29) is 17.4 Å². The third-order valence-corrected chi connectivity index (χ3v) is 5.24. The molecule has 1 atom stereocenters. The number of hydrogen-bond acceptors (Lipinski definition) is 4. The average Bonchev–Trinajstić information content (AvgIpc) is 2.47. The molecule has 0 saturated carbocycles. The summed E-state index contributed by atoms with van der Waals surface area (Å²) >= 11 is 0. The van der Waals surface area contributed by atoms with Gasteiger partial charge in [-0.25, -0.2) is 13.1 Å². The first-order valence-electron chi connectivity index (χ1n) is 7.35. The van der Waals surface area contributed by atoms with Crippen LogP contribution < -0.4 is 4.72 Å². The second kappa shape index (κ2) is 6.73. The number of rotatable bonds is 6. The van der Waals surface area contributed by atoms with Gasteiger partial charge in [0.05, 0.1) is 16.5 Å². The summed E-state index contributed by atoms with van der Waals surface area (Å²) in [4.78, 5) is 4.48. The minimum Gasteiger partial charge on any atom is -0.393 e. The highest BCUT2D eigenvalue weighted by Crippen LogP contribution is 2.24. The van der Waals surface area contributed by atoms with Crippen molar-refractivity contribution in [1.29, 1.82) is 0 Å². The smallest absolute Gasteiger partial charge is 0.241 e. The Morgan fingerprint density at radius 1 is 1.27 bits per heavy atom. The molecule has 0 aliphatic rings. The molecule has 0 bridgehead atoms. The van der Waals surface area contributed by atoms with Gasteiger partial charge < -0.3 is 5.11 Å². The van der Waals surface area contributed by atoms with Crippen LogP contribution in [-0.4, -0.2) is 31.2 Å². The fourth-order valence-corrected chi connectivity index (χ4v) is 3.52. The van der Waals surface area contributed by atoms with E-state index in [0.717, 1.165) is 5.56 Å². The fourth-order valence-electron chi connectivity index (χ4n) is 2.27. The van der Waals surface area contributed by atoms with Crippen LogP contribution in [0.5, 0.6) is 0 Å². The maximum Gasteiger partial charge on any atom is 0.241 e. The molecule has 120 valence electrons. The molecule has 0 radical (unpaired) electrons. The molecule has 0 aliphatic carbocycles. The first-order valence-corrected chi connectivity index (χ1v) is 8.83. The summed E-state index contributed by atoms with van der Waals surface area (Å²) < 4.78 is 27.5. The highest BCUT2D eigenvalue weighted by molar-refractivity contribution is 7.89. The molecular formula is C16H22N2O3S. The van der Waals surface area contributed by atoms with Crippen LogP contribution in [0.1, 0.15) is 25.8 Å². The number of hydrogen-bond donors (Lipinski definition) is 2. The number of aliphatic hydroxyl groups is 1. The van der Waals surface area contributed by atoms with E-state index < -0.39 is 16.1 Å². The molecule has 1 aromatic heterocycles. The van der Waals surface area contributed by atoms with Gasteiger partial charge in [-0.15, -0.1) is 0 Å². The van der Waals surface area contributed by atoms with E-state index in [2.05, 4.69) is 9.71 Å². The van der Waals surface area contributed by atoms with E-state index >= 15 is 0 Å². The largest absolute Gasteiger partial charge is 0.393 e. The van der Waals surface area contributed by atoms with E-state index in [0.29, 0.717) is 17.3 Å². The molecule has 2 aromatic rings. The quantitative estimate of drug-likeness (QED) is 0.855. The fraction of sp³-hybridized carbons (Fsp3) is 0.438. The number of aromatic nitrogens is 1. The lowest BCUT2D eigenvalue weighted by atomic mass is 10.1. The maximum absolute atomic E-state index is 12.5. The van der Waals surface area contributed by atoms with Gasteiger partial charge in [-0.1, -0.05) is 19.9 Å². The zero-order chi connectivity index (χ0) is 16.3. The normalized spacial score (nSPS) is 13.7. The molecule has 1 unspecified atom stereocenters. The summed E-state index contributed by atoms with van der Waals surface area (Å²) in [5.41, 5.74) is 1.62. The highest BCUT2D eigenvalue weighted by Gasteiger charge is 2.19. The number of aliphatic hydroxyl groups excluding tert-OH is 1. The number of fused-ring (bicyclic) bond motifs is 1. The summed E-state index contributed by atoms with van der Waals surface area (Å²) in [7, 11) is -3.63. The van der Waals surface area contributed by atoms with E-state index in [1.54, 1.807) is 30.5 Å². The summed E-state index contributed by atoms with van der Waals surface area (Å²) in [5, 5.41) is 10.4. The Balaban J connectivity index is 2.25. The molecule has 0 aliphatic heterocycles. The van der Waals surface area contributed by atoms with Crippen LogP contribution in [0.3, 0.4) is 0 Å². The molecule has 2 rings (SSSR count). The molecule has 0 saturated heterocycles. The van der Waals surface area contributed by atoms with Crippen LogP contribution in [0.15, 0.2) is 35.4 Å². The van der Waals surface area contributed by atoms with Crippen molar-refractivity contribution in [2.24, 2.45) is 5.92 Å². The third-order valence-electron chi connectivity index (χ3n) is 3.72. The Kier molecular flexibility index (Phi) is 5.16. The second-order valence-corrected chi connectivity index (χ2v) is 7.51. The van der Waals surface area contributed by atoms with Crippen molar-refractivity contribution < 1.29 is 13.5 Å². The van der Waals surface area contributed by atoms with Gasteiger partial charge >= 0.3 is 0 Å². The Labute approximate surface area is 131 Å². The van der Waals surface area contributed by atoms with Gasteiger partial charge in [-0.2, -0.15) is 0 Å². The number of benzene rings is 1. The molecule has 0 amide bonds. The third kappa shape index (κ3) is 3.63. The van der Waals surface area contributed by atoms with Gasteiger partial charge in [0.2, 0.25) is 10.0 Å². The lowest BCUT2D eigenvalue weighted by Crippen LogP contribution is -2.29. The Bertz CT molecular complexity index is 757. The summed E-state index contributed by atoms with van der Waals surface area (Å²) in [6.07, 6.45) is 1.52. The van der Waals surface area contributed by atoms with Gasteiger partial charge in [-0.05, 0) is 43.0 Å². The van der Waals surface area contributed by atoms with Crippen molar-refractivity contribution in [2.45, 2.75) is 38.2 Å². The summed E-state index contributed by atoms with van der Waals surface area (Å²) in [6, 6.07) is 6.84.